The van der Waals surface area contributed by atoms with Gasteiger partial charge in [-0.05, 0) is 63.2 Å². The molecule has 2 aliphatic carbocycles. The summed E-state index contributed by atoms with van der Waals surface area (Å²) in [6.07, 6.45) is 4.61. The lowest BCUT2D eigenvalue weighted by Gasteiger charge is -2.13. The van der Waals surface area contributed by atoms with Crippen LogP contribution in [0.2, 0.25) is 0 Å². The van der Waals surface area contributed by atoms with Gasteiger partial charge in [-0.3, -0.25) is 4.99 Å². The Morgan fingerprint density at radius 3 is 2.00 bits per heavy atom. The highest BCUT2D eigenvalue weighted by atomic mass is 15.1. The minimum absolute atomic E-state index is 0.340. The van der Waals surface area contributed by atoms with Crippen LogP contribution in [0.3, 0.4) is 0 Å². The van der Waals surface area contributed by atoms with E-state index in [0.29, 0.717) is 6.04 Å². The average molecular weight is 249 g/mol. The number of hydrogen-bond acceptors (Lipinski definition) is 3. The van der Waals surface area contributed by atoms with Crippen LogP contribution in [0.4, 0.5) is 0 Å². The zero-order valence-electron chi connectivity index (χ0n) is 12.2. The molecule has 3 nitrogen and oxygen atoms in total. The second-order valence-corrected chi connectivity index (χ2v) is 6.47. The number of rotatable bonds is 2. The maximum absolute atomic E-state index is 5.55. The van der Waals surface area contributed by atoms with Gasteiger partial charge in [0.1, 0.15) is 0 Å². The van der Waals surface area contributed by atoms with Crippen molar-refractivity contribution < 1.29 is 0 Å². The van der Waals surface area contributed by atoms with Crippen LogP contribution in [0.5, 0.6) is 0 Å². The van der Waals surface area contributed by atoms with Gasteiger partial charge >= 0.3 is 0 Å². The molecule has 2 N–H and O–H groups in total. The minimum atomic E-state index is 0.340. The molecule has 0 aliphatic heterocycles. The molecule has 0 spiro atoms. The van der Waals surface area contributed by atoms with Gasteiger partial charge in [-0.15, -0.1) is 0 Å². The zero-order valence-corrected chi connectivity index (χ0v) is 12.2. The summed E-state index contributed by atoms with van der Waals surface area (Å²) in [5.74, 6) is 9.16. The van der Waals surface area contributed by atoms with Gasteiger partial charge in [0.25, 0.3) is 0 Å². The van der Waals surface area contributed by atoms with Crippen molar-refractivity contribution in [2.24, 2.45) is 39.6 Å². The predicted octanol–water partition coefficient (Wildman–Crippen LogP) is 3.24. The monoisotopic (exact) mass is 249 g/mol. The molecule has 2 saturated carbocycles. The normalized spacial score (nSPS) is 36.9. The summed E-state index contributed by atoms with van der Waals surface area (Å²) in [5.41, 5.74) is 2.22. The van der Waals surface area contributed by atoms with Gasteiger partial charge in [0, 0.05) is 6.04 Å². The van der Waals surface area contributed by atoms with Crippen molar-refractivity contribution in [1.82, 2.24) is 0 Å². The van der Waals surface area contributed by atoms with Crippen LogP contribution in [0.15, 0.2) is 10.1 Å². The third kappa shape index (κ3) is 2.76. The molecule has 102 valence electrons. The minimum Gasteiger partial charge on any atom is -0.323 e. The second-order valence-electron chi connectivity index (χ2n) is 6.47. The summed E-state index contributed by atoms with van der Waals surface area (Å²) in [6, 6.07) is 0.340. The zero-order chi connectivity index (χ0) is 13.3. The van der Waals surface area contributed by atoms with E-state index in [1.165, 1.54) is 18.6 Å². The van der Waals surface area contributed by atoms with Crippen LogP contribution < -0.4 is 5.84 Å². The van der Waals surface area contributed by atoms with Gasteiger partial charge in [-0.2, -0.15) is 5.10 Å². The van der Waals surface area contributed by atoms with E-state index < -0.39 is 0 Å². The molecule has 3 atom stereocenters. The summed E-state index contributed by atoms with van der Waals surface area (Å²) >= 11 is 0. The van der Waals surface area contributed by atoms with E-state index in [9.17, 15) is 0 Å². The Hall–Kier alpha value is -0.860. The van der Waals surface area contributed by atoms with Crippen LogP contribution in [-0.2, 0) is 0 Å². The molecule has 0 aromatic rings. The van der Waals surface area contributed by atoms with Crippen molar-refractivity contribution in [2.75, 3.05) is 0 Å². The van der Waals surface area contributed by atoms with Gasteiger partial charge in [-0.25, -0.2) is 0 Å². The maximum atomic E-state index is 5.55. The van der Waals surface area contributed by atoms with Crippen molar-refractivity contribution in [3.05, 3.63) is 0 Å². The largest absolute Gasteiger partial charge is 0.323 e. The number of nitrogens with two attached hydrogens (primary N) is 1. The van der Waals surface area contributed by atoms with Crippen molar-refractivity contribution in [3.8, 4) is 0 Å². The van der Waals surface area contributed by atoms with Gasteiger partial charge in [0.15, 0.2) is 0 Å². The lowest BCUT2D eigenvalue weighted by molar-refractivity contribution is 0.492. The molecule has 3 unspecified atom stereocenters. The fourth-order valence-corrected chi connectivity index (χ4v) is 3.76. The Labute approximate surface area is 111 Å². The molecule has 0 aromatic carbocycles. The van der Waals surface area contributed by atoms with Gasteiger partial charge in [0.2, 0.25) is 0 Å². The molecular formula is C15H27N3. The lowest BCUT2D eigenvalue weighted by atomic mass is 9.97. The SMILES string of the molecule is CC(C)N=C1CCC2C(CC/C1=N/N)C2C(C)C. The lowest BCUT2D eigenvalue weighted by Crippen LogP contribution is -2.20. The molecule has 0 radical (unpaired) electrons. The Kier molecular flexibility index (Phi) is 4.08. The first-order valence-corrected chi connectivity index (χ1v) is 7.38. The Balaban J connectivity index is 2.09. The molecule has 0 aromatic heterocycles. The maximum Gasteiger partial charge on any atom is 0.0810 e. The molecule has 2 rings (SSSR count). The first kappa shape index (κ1) is 13.6. The highest BCUT2D eigenvalue weighted by molar-refractivity contribution is 6.42. The molecule has 0 bridgehead atoms. The Morgan fingerprint density at radius 1 is 1.00 bits per heavy atom. The summed E-state index contributed by atoms with van der Waals surface area (Å²) in [4.78, 5) is 4.72. The van der Waals surface area contributed by atoms with E-state index >= 15 is 0 Å². The summed E-state index contributed by atoms with van der Waals surface area (Å²) in [6.45, 7) is 8.96. The Bertz CT molecular complexity index is 355. The van der Waals surface area contributed by atoms with E-state index in [2.05, 4.69) is 32.8 Å². The molecule has 2 fully saturated rings. The van der Waals surface area contributed by atoms with Gasteiger partial charge in [-0.1, -0.05) is 13.8 Å². The number of hydrazone groups is 1. The van der Waals surface area contributed by atoms with Crippen molar-refractivity contribution in [3.63, 3.8) is 0 Å². The topological polar surface area (TPSA) is 50.7 Å². The average Bonchev–Trinajstić information content (AvgIpc) is 2.95. The van der Waals surface area contributed by atoms with Crippen molar-refractivity contribution in [2.45, 2.75) is 59.4 Å². The highest BCUT2D eigenvalue weighted by Crippen LogP contribution is 2.56. The van der Waals surface area contributed by atoms with Crippen LogP contribution in [0.1, 0.15) is 53.4 Å². The van der Waals surface area contributed by atoms with Crippen LogP contribution in [-0.4, -0.2) is 17.5 Å². The van der Waals surface area contributed by atoms with E-state index in [0.717, 1.165) is 42.2 Å². The van der Waals surface area contributed by atoms with Gasteiger partial charge in [0.05, 0.1) is 11.4 Å². The van der Waals surface area contributed by atoms with Gasteiger partial charge < -0.3 is 5.84 Å². The Morgan fingerprint density at radius 2 is 1.56 bits per heavy atom. The fraction of sp³-hybridized carbons (Fsp3) is 0.867. The first-order valence-electron chi connectivity index (χ1n) is 7.38. The molecule has 0 amide bonds. The smallest absolute Gasteiger partial charge is 0.0810 e. The molecular weight excluding hydrogens is 222 g/mol. The highest BCUT2D eigenvalue weighted by Gasteiger charge is 2.50. The third-order valence-corrected chi connectivity index (χ3v) is 4.50. The molecule has 0 heterocycles. The van der Waals surface area contributed by atoms with E-state index in [4.69, 9.17) is 10.8 Å². The molecule has 18 heavy (non-hydrogen) atoms. The third-order valence-electron chi connectivity index (χ3n) is 4.50. The fourth-order valence-electron chi connectivity index (χ4n) is 3.76. The van der Waals surface area contributed by atoms with Crippen LogP contribution in [0, 0.1) is 23.7 Å². The quantitative estimate of drug-likeness (QED) is 0.593. The molecule has 3 heteroatoms. The molecule has 0 saturated heterocycles. The van der Waals surface area contributed by atoms with E-state index in [1.54, 1.807) is 0 Å². The van der Waals surface area contributed by atoms with Crippen LogP contribution >= 0.6 is 0 Å². The summed E-state index contributed by atoms with van der Waals surface area (Å²) in [7, 11) is 0. The second kappa shape index (κ2) is 5.41. The van der Waals surface area contributed by atoms with Crippen molar-refractivity contribution in [1.29, 1.82) is 0 Å². The number of hydrogen-bond donors (Lipinski definition) is 1. The summed E-state index contributed by atoms with van der Waals surface area (Å²) < 4.78 is 0. The van der Waals surface area contributed by atoms with Crippen LogP contribution in [0.25, 0.3) is 0 Å². The summed E-state index contributed by atoms with van der Waals surface area (Å²) in [5, 5.41) is 3.99. The van der Waals surface area contributed by atoms with E-state index in [1.807, 2.05) is 0 Å². The first-order chi connectivity index (χ1) is 8.54. The van der Waals surface area contributed by atoms with E-state index in [-0.39, 0.29) is 0 Å². The number of nitrogens with zero attached hydrogens (tertiary/aromatic N) is 2. The number of fused-ring (bicyclic) bond motifs is 1. The predicted molar refractivity (Wildman–Crippen MR) is 78.0 cm³/mol. The number of aliphatic imine (C=N–C) groups is 1. The van der Waals surface area contributed by atoms with Crippen molar-refractivity contribution >= 4 is 11.4 Å². The molecule has 2 aliphatic rings. The standard InChI is InChI=1S/C15H27N3/c1-9(2)15-11-5-7-13(17-10(3)4)14(18-16)8-6-12(11)15/h9-12,15H,5-8,16H2,1-4H3/b17-13?,18-14-.